The molecule has 1 aromatic heterocycles. The van der Waals surface area contributed by atoms with Crippen molar-refractivity contribution in [1.82, 2.24) is 4.41 Å². The van der Waals surface area contributed by atoms with Crippen LogP contribution in [0.1, 0.15) is 23.8 Å². The van der Waals surface area contributed by atoms with E-state index >= 15 is 0 Å². The second-order valence-corrected chi connectivity index (χ2v) is 10.9. The van der Waals surface area contributed by atoms with Crippen LogP contribution in [0.15, 0.2) is 81.3 Å². The maximum Gasteiger partial charge on any atom is 0.279 e. The molecular weight excluding hydrogens is 462 g/mol. The van der Waals surface area contributed by atoms with E-state index in [9.17, 15) is 16.8 Å². The Kier molecular flexibility index (Phi) is 5.54. The molecule has 31 heavy (non-hydrogen) atoms. The summed E-state index contributed by atoms with van der Waals surface area (Å²) in [6, 6.07) is 15.1. The molecule has 1 N–H and O–H groups in total. The highest BCUT2D eigenvalue weighted by atomic mass is 35.5. The average molecular weight is 480 g/mol. The van der Waals surface area contributed by atoms with Gasteiger partial charge in [-0.1, -0.05) is 23.7 Å². The fourth-order valence-corrected chi connectivity index (χ4v) is 5.37. The van der Waals surface area contributed by atoms with Gasteiger partial charge in [0.15, 0.2) is 0 Å². The van der Waals surface area contributed by atoms with Crippen LogP contribution in [0.25, 0.3) is 0 Å². The minimum Gasteiger partial charge on any atom is -0.467 e. The minimum atomic E-state index is -3.99. The number of hydrogen-bond acceptors (Lipinski definition) is 6. The van der Waals surface area contributed by atoms with E-state index in [2.05, 4.69) is 9.82 Å². The Hall–Kier alpha value is -2.82. The first-order valence-corrected chi connectivity index (χ1v) is 12.8. The summed E-state index contributed by atoms with van der Waals surface area (Å²) >= 11 is 5.90. The van der Waals surface area contributed by atoms with E-state index in [-0.39, 0.29) is 11.3 Å². The lowest BCUT2D eigenvalue weighted by Gasteiger charge is -2.21. The smallest absolute Gasteiger partial charge is 0.279 e. The van der Waals surface area contributed by atoms with Crippen molar-refractivity contribution < 1.29 is 21.3 Å². The molecule has 0 saturated heterocycles. The maximum atomic E-state index is 13.3. The van der Waals surface area contributed by atoms with Crippen molar-refractivity contribution in [2.75, 3.05) is 11.0 Å². The fourth-order valence-electron chi connectivity index (χ4n) is 3.27. The van der Waals surface area contributed by atoms with E-state index in [0.29, 0.717) is 27.7 Å². The number of sulfonamides is 2. The van der Waals surface area contributed by atoms with Gasteiger partial charge >= 0.3 is 0 Å². The Bertz CT molecular complexity index is 1340. The number of hydrogen-bond donors (Lipinski definition) is 1. The molecule has 0 radical (unpaired) electrons. The quantitative estimate of drug-likeness (QED) is 0.577. The number of nitrogens with zero attached hydrogens (tertiary/aromatic N) is 2. The van der Waals surface area contributed by atoms with Gasteiger partial charge in [0.1, 0.15) is 11.8 Å². The lowest BCUT2D eigenvalue weighted by Crippen LogP contribution is -2.27. The van der Waals surface area contributed by atoms with E-state index in [1.807, 2.05) is 0 Å². The molecule has 3 aromatic rings. The lowest BCUT2D eigenvalue weighted by molar-refractivity contribution is 0.320. The Morgan fingerprint density at radius 1 is 1.06 bits per heavy atom. The number of rotatable bonds is 6. The van der Waals surface area contributed by atoms with Crippen molar-refractivity contribution in [2.24, 2.45) is 5.10 Å². The summed E-state index contributed by atoms with van der Waals surface area (Å²) in [4.78, 5) is 0.0472. The van der Waals surface area contributed by atoms with Gasteiger partial charge < -0.3 is 4.42 Å². The third-order valence-corrected chi connectivity index (χ3v) is 7.16. The normalized spacial score (nSPS) is 16.9. The Morgan fingerprint density at radius 2 is 1.81 bits per heavy atom. The number of benzene rings is 2. The molecule has 2 aromatic carbocycles. The number of hydrazone groups is 1. The zero-order valence-electron chi connectivity index (χ0n) is 16.3. The monoisotopic (exact) mass is 479 g/mol. The van der Waals surface area contributed by atoms with Gasteiger partial charge in [-0.05, 0) is 54.1 Å². The molecule has 2 heterocycles. The van der Waals surface area contributed by atoms with Crippen molar-refractivity contribution >= 4 is 43.0 Å². The molecular formula is C20H18ClN3O5S2. The van der Waals surface area contributed by atoms with Gasteiger partial charge in [-0.25, -0.2) is 8.42 Å². The number of furan rings is 1. The van der Waals surface area contributed by atoms with Gasteiger partial charge in [0.05, 0.1) is 23.1 Å². The predicted molar refractivity (Wildman–Crippen MR) is 118 cm³/mol. The van der Waals surface area contributed by atoms with Crippen LogP contribution >= 0.6 is 11.6 Å². The van der Waals surface area contributed by atoms with Crippen molar-refractivity contribution in [3.05, 3.63) is 83.3 Å². The van der Waals surface area contributed by atoms with E-state index in [4.69, 9.17) is 16.0 Å². The average Bonchev–Trinajstić information content (AvgIpc) is 3.37. The lowest BCUT2D eigenvalue weighted by atomic mass is 10.0. The van der Waals surface area contributed by atoms with Crippen LogP contribution in [-0.2, 0) is 20.0 Å². The van der Waals surface area contributed by atoms with Gasteiger partial charge in [0.25, 0.3) is 10.0 Å². The molecule has 1 aliphatic heterocycles. The van der Waals surface area contributed by atoms with Crippen LogP contribution in [0, 0.1) is 0 Å². The van der Waals surface area contributed by atoms with Crippen LogP contribution in [0.5, 0.6) is 0 Å². The summed E-state index contributed by atoms with van der Waals surface area (Å²) in [6.45, 7) is 0. The van der Waals surface area contributed by atoms with Gasteiger partial charge in [-0.15, -0.1) is 0 Å². The number of halogens is 1. The Balaban J connectivity index is 1.76. The van der Waals surface area contributed by atoms with Gasteiger partial charge in [0.2, 0.25) is 10.0 Å². The summed E-state index contributed by atoms with van der Waals surface area (Å²) in [5.74, 6) is 0.446. The number of nitrogens with one attached hydrogen (secondary N) is 1. The summed E-state index contributed by atoms with van der Waals surface area (Å²) in [7, 11) is -7.45. The zero-order chi connectivity index (χ0) is 22.2. The van der Waals surface area contributed by atoms with E-state index in [1.54, 1.807) is 36.4 Å². The number of anilines is 1. The fraction of sp³-hybridized carbons (Fsp3) is 0.150. The first kappa shape index (κ1) is 21.4. The molecule has 1 atom stereocenters. The SMILES string of the molecule is CS(=O)(=O)Nc1cccc(C2=NN(S(=O)(=O)c3ccc(Cl)cc3)[C@H](c3ccco3)C2)c1. The highest BCUT2D eigenvalue weighted by Gasteiger charge is 2.39. The predicted octanol–water partition coefficient (Wildman–Crippen LogP) is 3.84. The first-order valence-electron chi connectivity index (χ1n) is 9.12. The van der Waals surface area contributed by atoms with Gasteiger partial charge in [0, 0.05) is 17.1 Å². The molecule has 0 amide bonds. The molecule has 11 heteroatoms. The van der Waals surface area contributed by atoms with Gasteiger partial charge in [-0.2, -0.15) is 17.9 Å². The van der Waals surface area contributed by atoms with Crippen molar-refractivity contribution in [2.45, 2.75) is 17.4 Å². The third kappa shape index (κ3) is 4.60. The topological polar surface area (TPSA) is 109 Å². The van der Waals surface area contributed by atoms with E-state index < -0.39 is 26.1 Å². The third-order valence-electron chi connectivity index (χ3n) is 4.60. The zero-order valence-corrected chi connectivity index (χ0v) is 18.7. The highest BCUT2D eigenvalue weighted by molar-refractivity contribution is 7.92. The molecule has 0 aliphatic carbocycles. The van der Waals surface area contributed by atoms with Crippen LogP contribution in [0.3, 0.4) is 0 Å². The van der Waals surface area contributed by atoms with E-state index in [1.165, 1.54) is 30.5 Å². The molecule has 0 fully saturated rings. The summed E-state index contributed by atoms with van der Waals surface area (Å²) in [5.41, 5.74) is 1.44. The van der Waals surface area contributed by atoms with Crippen molar-refractivity contribution in [3.63, 3.8) is 0 Å². The van der Waals surface area contributed by atoms with Gasteiger partial charge in [-0.3, -0.25) is 4.72 Å². The van der Waals surface area contributed by atoms with Crippen LogP contribution in [0.2, 0.25) is 5.02 Å². The molecule has 0 spiro atoms. The highest BCUT2D eigenvalue weighted by Crippen LogP contribution is 2.37. The molecule has 8 nitrogen and oxygen atoms in total. The van der Waals surface area contributed by atoms with Crippen molar-refractivity contribution in [3.8, 4) is 0 Å². The standard InChI is InChI=1S/C20H18ClN3O5S2/c1-30(25,26)23-16-5-2-4-14(12-16)18-13-19(20-6-3-11-29-20)24(22-18)31(27,28)17-9-7-15(21)8-10-17/h2-12,19,23H,13H2,1H3/t19-/m0/s1. The summed E-state index contributed by atoms with van der Waals surface area (Å²) in [6.07, 6.45) is 2.78. The molecule has 0 saturated carbocycles. The summed E-state index contributed by atoms with van der Waals surface area (Å²) < 4.78 is 58.7. The Labute approximate surface area is 185 Å². The molecule has 0 bridgehead atoms. The van der Waals surface area contributed by atoms with Crippen LogP contribution < -0.4 is 4.72 Å². The van der Waals surface area contributed by atoms with Crippen LogP contribution in [0.4, 0.5) is 5.69 Å². The van der Waals surface area contributed by atoms with Crippen LogP contribution in [-0.4, -0.2) is 33.2 Å². The Morgan fingerprint density at radius 3 is 2.45 bits per heavy atom. The molecule has 0 unspecified atom stereocenters. The summed E-state index contributed by atoms with van der Waals surface area (Å²) in [5, 5.41) is 4.81. The second-order valence-electron chi connectivity index (χ2n) is 6.97. The molecule has 4 rings (SSSR count). The molecule has 162 valence electrons. The van der Waals surface area contributed by atoms with Crippen molar-refractivity contribution in [1.29, 1.82) is 0 Å². The largest absolute Gasteiger partial charge is 0.467 e. The second kappa shape index (κ2) is 8.03. The first-order chi connectivity index (χ1) is 14.6. The minimum absolute atomic E-state index is 0.0472. The molecule has 1 aliphatic rings. The maximum absolute atomic E-state index is 13.3. The van der Waals surface area contributed by atoms with E-state index in [0.717, 1.165) is 10.7 Å².